The molecule has 92 valence electrons. The van der Waals surface area contributed by atoms with Crippen LogP contribution in [0.2, 0.25) is 0 Å². The molecule has 2 rings (SSSR count). The van der Waals surface area contributed by atoms with Crippen LogP contribution in [0.1, 0.15) is 15.9 Å². The van der Waals surface area contributed by atoms with Gasteiger partial charge >= 0.3 is 0 Å². The van der Waals surface area contributed by atoms with Gasteiger partial charge in [-0.3, -0.25) is 4.79 Å². The second-order valence-electron chi connectivity index (χ2n) is 3.95. The average molecular weight is 250 g/mol. The first-order chi connectivity index (χ1) is 8.52. The number of rotatable bonds is 2. The molecule has 0 amide bonds. The summed E-state index contributed by atoms with van der Waals surface area (Å²) in [5, 5.41) is 0. The van der Waals surface area contributed by atoms with Crippen LogP contribution in [0, 0.1) is 24.4 Å². The van der Waals surface area contributed by atoms with E-state index in [0.29, 0.717) is 12.4 Å². The Hall–Kier alpha value is -2.10. The van der Waals surface area contributed by atoms with Gasteiger partial charge in [0.1, 0.15) is 5.82 Å². The summed E-state index contributed by atoms with van der Waals surface area (Å²) in [4.78, 5) is 10.9. The molecule has 0 aliphatic heterocycles. The number of carbonyl (C=O) groups excluding carboxylic acids is 1. The maximum Gasteiger partial charge on any atom is 0.161 e. The van der Waals surface area contributed by atoms with E-state index in [1.54, 1.807) is 19.1 Å². The van der Waals surface area contributed by atoms with Gasteiger partial charge < -0.3 is 0 Å². The molecule has 0 atom stereocenters. The molecule has 0 unspecified atom stereocenters. The SMILES string of the molecule is Cc1ccc(-c2cc(F)c(F)cc2F)c(C=O)c1. The maximum absolute atomic E-state index is 13.6. The summed E-state index contributed by atoms with van der Waals surface area (Å²) in [7, 11) is 0. The van der Waals surface area contributed by atoms with E-state index in [0.717, 1.165) is 11.6 Å². The second-order valence-corrected chi connectivity index (χ2v) is 3.95. The van der Waals surface area contributed by atoms with Crippen LogP contribution in [-0.2, 0) is 0 Å². The van der Waals surface area contributed by atoms with Gasteiger partial charge in [0.25, 0.3) is 0 Å². The third kappa shape index (κ3) is 2.14. The Morgan fingerprint density at radius 2 is 1.56 bits per heavy atom. The zero-order valence-corrected chi connectivity index (χ0v) is 9.51. The van der Waals surface area contributed by atoms with Crippen LogP contribution in [0.25, 0.3) is 11.1 Å². The minimum Gasteiger partial charge on any atom is -0.298 e. The largest absolute Gasteiger partial charge is 0.298 e. The maximum atomic E-state index is 13.6. The van der Waals surface area contributed by atoms with E-state index in [1.165, 1.54) is 6.07 Å². The molecule has 0 radical (unpaired) electrons. The standard InChI is InChI=1S/C14H9F3O/c1-8-2-3-10(9(4-8)7-18)11-5-13(16)14(17)6-12(11)15/h2-7H,1H3. The van der Waals surface area contributed by atoms with Crippen molar-refractivity contribution in [3.05, 3.63) is 58.9 Å². The molecule has 0 spiro atoms. The summed E-state index contributed by atoms with van der Waals surface area (Å²) in [5.41, 5.74) is 1.17. The van der Waals surface area contributed by atoms with E-state index in [1.807, 2.05) is 0 Å². The van der Waals surface area contributed by atoms with Gasteiger partial charge in [-0.25, -0.2) is 13.2 Å². The molecule has 2 aromatic carbocycles. The third-order valence-corrected chi connectivity index (χ3v) is 2.63. The Kier molecular flexibility index (Phi) is 3.19. The van der Waals surface area contributed by atoms with Crippen LogP contribution in [0.5, 0.6) is 0 Å². The zero-order chi connectivity index (χ0) is 13.3. The van der Waals surface area contributed by atoms with Gasteiger partial charge in [0.15, 0.2) is 17.9 Å². The lowest BCUT2D eigenvalue weighted by Crippen LogP contribution is -1.95. The summed E-state index contributed by atoms with van der Waals surface area (Å²) in [6, 6.07) is 5.96. The number of benzene rings is 2. The van der Waals surface area contributed by atoms with Crippen LogP contribution in [0.3, 0.4) is 0 Å². The quantitative estimate of drug-likeness (QED) is 0.583. The lowest BCUT2D eigenvalue weighted by Gasteiger charge is -2.08. The van der Waals surface area contributed by atoms with Gasteiger partial charge in [0, 0.05) is 17.2 Å². The van der Waals surface area contributed by atoms with Crippen molar-refractivity contribution >= 4 is 6.29 Å². The van der Waals surface area contributed by atoms with E-state index in [2.05, 4.69) is 0 Å². The lowest BCUT2D eigenvalue weighted by atomic mass is 9.98. The number of carbonyl (C=O) groups is 1. The minimum absolute atomic E-state index is 0.129. The van der Waals surface area contributed by atoms with Crippen molar-refractivity contribution in [2.24, 2.45) is 0 Å². The van der Waals surface area contributed by atoms with Crippen LogP contribution in [0.4, 0.5) is 13.2 Å². The predicted molar refractivity (Wildman–Crippen MR) is 61.9 cm³/mol. The molecule has 0 N–H and O–H groups in total. The summed E-state index contributed by atoms with van der Waals surface area (Å²) in [6.45, 7) is 1.78. The molecule has 0 aromatic heterocycles. The fraction of sp³-hybridized carbons (Fsp3) is 0.0714. The molecule has 0 saturated heterocycles. The van der Waals surface area contributed by atoms with E-state index < -0.39 is 17.5 Å². The van der Waals surface area contributed by atoms with Crippen molar-refractivity contribution in [2.75, 3.05) is 0 Å². The lowest BCUT2D eigenvalue weighted by molar-refractivity contribution is 0.112. The molecule has 0 aliphatic rings. The molecule has 1 nitrogen and oxygen atoms in total. The Bertz CT molecular complexity index is 621. The van der Waals surface area contributed by atoms with Gasteiger partial charge in [-0.1, -0.05) is 17.7 Å². The number of aldehydes is 1. The highest BCUT2D eigenvalue weighted by Gasteiger charge is 2.14. The van der Waals surface area contributed by atoms with Gasteiger partial charge in [0.05, 0.1) is 0 Å². The Morgan fingerprint density at radius 1 is 0.889 bits per heavy atom. The number of halogens is 3. The smallest absolute Gasteiger partial charge is 0.161 e. The highest BCUT2D eigenvalue weighted by atomic mass is 19.2. The first-order valence-corrected chi connectivity index (χ1v) is 5.23. The van der Waals surface area contributed by atoms with Gasteiger partial charge in [-0.05, 0) is 24.6 Å². The molecule has 0 bridgehead atoms. The molecule has 0 heterocycles. The Morgan fingerprint density at radius 3 is 2.22 bits per heavy atom. The highest BCUT2D eigenvalue weighted by molar-refractivity contribution is 5.88. The summed E-state index contributed by atoms with van der Waals surface area (Å²) >= 11 is 0. The highest BCUT2D eigenvalue weighted by Crippen LogP contribution is 2.28. The van der Waals surface area contributed by atoms with Crippen molar-refractivity contribution < 1.29 is 18.0 Å². The van der Waals surface area contributed by atoms with Gasteiger partial charge in [-0.2, -0.15) is 0 Å². The molecule has 2 aromatic rings. The van der Waals surface area contributed by atoms with Crippen molar-refractivity contribution in [3.63, 3.8) is 0 Å². The van der Waals surface area contributed by atoms with Crippen molar-refractivity contribution in [1.82, 2.24) is 0 Å². The molecule has 0 aliphatic carbocycles. The van der Waals surface area contributed by atoms with Crippen LogP contribution < -0.4 is 0 Å². The fourth-order valence-corrected chi connectivity index (χ4v) is 1.75. The molecular formula is C14H9F3O. The average Bonchev–Trinajstić information content (AvgIpc) is 2.34. The van der Waals surface area contributed by atoms with Crippen LogP contribution in [0.15, 0.2) is 30.3 Å². The van der Waals surface area contributed by atoms with Crippen molar-refractivity contribution in [1.29, 1.82) is 0 Å². The summed E-state index contributed by atoms with van der Waals surface area (Å²) in [6.07, 6.45) is 0.559. The number of hydrogen-bond donors (Lipinski definition) is 0. The fourth-order valence-electron chi connectivity index (χ4n) is 1.75. The molecule has 0 saturated carbocycles. The zero-order valence-electron chi connectivity index (χ0n) is 9.51. The van der Waals surface area contributed by atoms with Gasteiger partial charge in [-0.15, -0.1) is 0 Å². The predicted octanol–water partition coefficient (Wildman–Crippen LogP) is 3.89. The molecule has 0 fully saturated rings. The van der Waals surface area contributed by atoms with E-state index in [-0.39, 0.29) is 16.7 Å². The Balaban J connectivity index is 2.69. The minimum atomic E-state index is -1.25. The van der Waals surface area contributed by atoms with E-state index in [4.69, 9.17) is 0 Å². The van der Waals surface area contributed by atoms with E-state index >= 15 is 0 Å². The summed E-state index contributed by atoms with van der Waals surface area (Å²) in [5.74, 6) is -3.30. The Labute approximate surface area is 102 Å². The van der Waals surface area contributed by atoms with Crippen molar-refractivity contribution in [3.8, 4) is 11.1 Å². The molecule has 18 heavy (non-hydrogen) atoms. The summed E-state index contributed by atoms with van der Waals surface area (Å²) < 4.78 is 39.6. The normalized spacial score (nSPS) is 10.4. The third-order valence-electron chi connectivity index (χ3n) is 2.63. The van der Waals surface area contributed by atoms with Crippen LogP contribution >= 0.6 is 0 Å². The van der Waals surface area contributed by atoms with Gasteiger partial charge in [0.2, 0.25) is 0 Å². The molecule has 4 heteroatoms. The topological polar surface area (TPSA) is 17.1 Å². The molecular weight excluding hydrogens is 241 g/mol. The monoisotopic (exact) mass is 250 g/mol. The second kappa shape index (κ2) is 4.64. The van der Waals surface area contributed by atoms with Crippen molar-refractivity contribution in [2.45, 2.75) is 6.92 Å². The number of hydrogen-bond acceptors (Lipinski definition) is 1. The van der Waals surface area contributed by atoms with Crippen LogP contribution in [-0.4, -0.2) is 6.29 Å². The van der Waals surface area contributed by atoms with E-state index in [9.17, 15) is 18.0 Å². The first kappa shape index (κ1) is 12.4. The number of aryl methyl sites for hydroxylation is 1. The first-order valence-electron chi connectivity index (χ1n) is 5.23.